The number of nitro groups is 1. The largest absolute Gasteiger partial charge is 0.340 e. The average molecular weight is 396 g/mol. The van der Waals surface area contributed by atoms with Crippen LogP contribution in [0.25, 0.3) is 28.2 Å². The summed E-state index contributed by atoms with van der Waals surface area (Å²) >= 11 is 0. The summed E-state index contributed by atoms with van der Waals surface area (Å²) in [5, 5.41) is 12.3. The number of carbonyl (C=O) groups excluding carboxylic acids is 1. The third-order valence-corrected chi connectivity index (χ3v) is 5.14. The van der Waals surface area contributed by atoms with Crippen molar-refractivity contribution in [2.45, 2.75) is 13.5 Å². The van der Waals surface area contributed by atoms with Gasteiger partial charge in [0.25, 0.3) is 5.69 Å². The Bertz CT molecular complexity index is 1270. The zero-order chi connectivity index (χ0) is 21.1. The zero-order valence-corrected chi connectivity index (χ0v) is 16.5. The van der Waals surface area contributed by atoms with E-state index in [1.54, 1.807) is 18.2 Å². The molecule has 0 aliphatic rings. The van der Waals surface area contributed by atoms with Crippen LogP contribution in [0.4, 0.5) is 5.69 Å². The van der Waals surface area contributed by atoms with Gasteiger partial charge in [-0.15, -0.1) is 0 Å². The number of para-hydroxylation sites is 2. The number of carbonyl (C=O) groups is 1. The summed E-state index contributed by atoms with van der Waals surface area (Å²) < 4.78 is 2.22. The fourth-order valence-electron chi connectivity index (χ4n) is 3.82. The normalized spacial score (nSPS) is 11.2. The lowest BCUT2D eigenvalue weighted by molar-refractivity contribution is -0.385. The molecule has 148 valence electrons. The van der Waals surface area contributed by atoms with Crippen LogP contribution in [0.3, 0.4) is 0 Å². The van der Waals surface area contributed by atoms with E-state index in [9.17, 15) is 14.9 Å². The fraction of sp³-hybridized carbons (Fsp3) is 0.0800. The third kappa shape index (κ3) is 3.42. The van der Waals surface area contributed by atoms with Crippen molar-refractivity contribution < 1.29 is 9.72 Å². The van der Waals surface area contributed by atoms with E-state index in [1.165, 1.54) is 18.2 Å². The highest BCUT2D eigenvalue weighted by molar-refractivity contribution is 6.11. The SMILES string of the molecule is CCn1c(-c2ccccc2)c(/C=C/C(=O)c2ccccc2[N+](=O)[O-])c2ccccc21. The first kappa shape index (κ1) is 19.3. The molecule has 5 nitrogen and oxygen atoms in total. The van der Waals surface area contributed by atoms with Crippen LogP contribution >= 0.6 is 0 Å². The number of hydrogen-bond acceptors (Lipinski definition) is 3. The minimum atomic E-state index is -0.528. The summed E-state index contributed by atoms with van der Waals surface area (Å²) in [5.41, 5.74) is 3.96. The number of fused-ring (bicyclic) bond motifs is 1. The van der Waals surface area contributed by atoms with E-state index in [1.807, 2.05) is 48.5 Å². The Morgan fingerprint density at radius 2 is 1.63 bits per heavy atom. The molecule has 0 bridgehead atoms. The summed E-state index contributed by atoms with van der Waals surface area (Å²) in [4.78, 5) is 23.6. The predicted octanol–water partition coefficient (Wildman–Crippen LogP) is 6.13. The lowest BCUT2D eigenvalue weighted by Crippen LogP contribution is -2.01. The Kier molecular flexibility index (Phi) is 5.26. The number of aryl methyl sites for hydroxylation is 1. The van der Waals surface area contributed by atoms with Crippen molar-refractivity contribution in [1.82, 2.24) is 4.57 Å². The molecule has 0 amide bonds. The molecule has 0 unspecified atom stereocenters. The molecule has 0 aliphatic carbocycles. The first-order valence-corrected chi connectivity index (χ1v) is 9.74. The molecule has 3 aromatic carbocycles. The summed E-state index contributed by atoms with van der Waals surface area (Å²) in [6, 6.07) is 24.1. The topological polar surface area (TPSA) is 65.1 Å². The highest BCUT2D eigenvalue weighted by atomic mass is 16.6. The summed E-state index contributed by atoms with van der Waals surface area (Å²) in [6.07, 6.45) is 3.20. The second-order valence-corrected chi connectivity index (χ2v) is 6.86. The molecule has 0 atom stereocenters. The molecular formula is C25H20N2O3. The highest BCUT2D eigenvalue weighted by Gasteiger charge is 2.19. The van der Waals surface area contributed by atoms with Crippen LogP contribution in [0.5, 0.6) is 0 Å². The molecule has 30 heavy (non-hydrogen) atoms. The Morgan fingerprint density at radius 1 is 0.967 bits per heavy atom. The first-order chi connectivity index (χ1) is 14.6. The predicted molar refractivity (Wildman–Crippen MR) is 120 cm³/mol. The molecule has 0 radical (unpaired) electrons. The Morgan fingerprint density at radius 3 is 2.37 bits per heavy atom. The number of hydrogen-bond donors (Lipinski definition) is 0. The quantitative estimate of drug-likeness (QED) is 0.170. The van der Waals surface area contributed by atoms with Crippen molar-refractivity contribution in [2.75, 3.05) is 0 Å². The monoisotopic (exact) mass is 396 g/mol. The van der Waals surface area contributed by atoms with Gasteiger partial charge in [-0.3, -0.25) is 14.9 Å². The van der Waals surface area contributed by atoms with Crippen LogP contribution in [0, 0.1) is 10.1 Å². The molecule has 0 spiro atoms. The van der Waals surface area contributed by atoms with E-state index in [2.05, 4.69) is 17.6 Å². The Labute approximate surface area is 174 Å². The maximum atomic E-state index is 12.8. The molecule has 0 saturated carbocycles. The molecular weight excluding hydrogens is 376 g/mol. The molecule has 0 fully saturated rings. The van der Waals surface area contributed by atoms with Gasteiger partial charge in [0, 0.05) is 29.1 Å². The third-order valence-electron chi connectivity index (χ3n) is 5.14. The van der Waals surface area contributed by atoms with Crippen molar-refractivity contribution in [3.63, 3.8) is 0 Å². The minimum absolute atomic E-state index is 0.0826. The van der Waals surface area contributed by atoms with Gasteiger partial charge in [-0.25, -0.2) is 0 Å². The summed E-state index contributed by atoms with van der Waals surface area (Å²) in [7, 11) is 0. The fourth-order valence-corrected chi connectivity index (χ4v) is 3.82. The maximum absolute atomic E-state index is 12.8. The van der Waals surface area contributed by atoms with Crippen LogP contribution in [0.2, 0.25) is 0 Å². The summed E-state index contributed by atoms with van der Waals surface area (Å²) in [5.74, 6) is -0.394. The van der Waals surface area contributed by atoms with E-state index in [-0.39, 0.29) is 11.3 Å². The lowest BCUT2D eigenvalue weighted by Gasteiger charge is -2.09. The van der Waals surface area contributed by atoms with Crippen molar-refractivity contribution in [2.24, 2.45) is 0 Å². The van der Waals surface area contributed by atoms with E-state index in [4.69, 9.17) is 0 Å². The van der Waals surface area contributed by atoms with E-state index >= 15 is 0 Å². The minimum Gasteiger partial charge on any atom is -0.340 e. The van der Waals surface area contributed by atoms with Crippen LogP contribution in [-0.2, 0) is 6.54 Å². The Balaban J connectivity index is 1.87. The number of ketones is 1. The molecule has 1 aromatic heterocycles. The van der Waals surface area contributed by atoms with Crippen LogP contribution in [-0.4, -0.2) is 15.3 Å². The summed E-state index contributed by atoms with van der Waals surface area (Å²) in [6.45, 7) is 2.86. The molecule has 0 aliphatic heterocycles. The molecule has 5 heteroatoms. The van der Waals surface area contributed by atoms with Gasteiger partial charge >= 0.3 is 0 Å². The number of rotatable bonds is 6. The van der Waals surface area contributed by atoms with Gasteiger partial charge in [0.2, 0.25) is 0 Å². The molecule has 0 N–H and O–H groups in total. The number of aromatic nitrogens is 1. The van der Waals surface area contributed by atoms with Gasteiger partial charge in [0.1, 0.15) is 0 Å². The standard InChI is InChI=1S/C25H20N2O3/c1-2-26-22-14-8-6-12-19(22)20(25(26)18-10-4-3-5-11-18)16-17-24(28)21-13-7-9-15-23(21)27(29)30/h3-17H,2H2,1H3/b17-16+. The lowest BCUT2D eigenvalue weighted by atomic mass is 10.0. The van der Waals surface area contributed by atoms with Crippen LogP contribution in [0.1, 0.15) is 22.8 Å². The van der Waals surface area contributed by atoms with Crippen molar-refractivity contribution in [3.05, 3.63) is 106 Å². The molecule has 4 aromatic rings. The number of nitro benzene ring substituents is 1. The average Bonchev–Trinajstić information content (AvgIpc) is 3.11. The number of nitrogens with zero attached hydrogens (tertiary/aromatic N) is 2. The van der Waals surface area contributed by atoms with Gasteiger partial charge < -0.3 is 4.57 Å². The van der Waals surface area contributed by atoms with Crippen LogP contribution < -0.4 is 0 Å². The number of benzene rings is 3. The van der Waals surface area contributed by atoms with E-state index in [0.717, 1.165) is 34.3 Å². The Hall–Kier alpha value is -3.99. The molecule has 4 rings (SSSR count). The van der Waals surface area contributed by atoms with Gasteiger partial charge in [-0.2, -0.15) is 0 Å². The van der Waals surface area contributed by atoms with Crippen LogP contribution in [0.15, 0.2) is 84.9 Å². The van der Waals surface area contributed by atoms with Gasteiger partial charge in [0.15, 0.2) is 5.78 Å². The first-order valence-electron chi connectivity index (χ1n) is 9.74. The van der Waals surface area contributed by atoms with Gasteiger partial charge in [-0.1, -0.05) is 60.7 Å². The van der Waals surface area contributed by atoms with Gasteiger partial charge in [-0.05, 0) is 36.8 Å². The van der Waals surface area contributed by atoms with E-state index in [0.29, 0.717) is 0 Å². The highest BCUT2D eigenvalue weighted by Crippen LogP contribution is 2.35. The molecule has 1 heterocycles. The maximum Gasteiger partial charge on any atom is 0.280 e. The second-order valence-electron chi connectivity index (χ2n) is 6.86. The van der Waals surface area contributed by atoms with E-state index < -0.39 is 10.7 Å². The van der Waals surface area contributed by atoms with Crippen molar-refractivity contribution in [3.8, 4) is 11.3 Å². The zero-order valence-electron chi connectivity index (χ0n) is 16.5. The van der Waals surface area contributed by atoms with Gasteiger partial charge in [0.05, 0.1) is 16.2 Å². The molecule has 0 saturated heterocycles. The van der Waals surface area contributed by atoms with Crippen molar-refractivity contribution >= 4 is 28.4 Å². The second kappa shape index (κ2) is 8.17. The smallest absolute Gasteiger partial charge is 0.280 e. The number of allylic oxidation sites excluding steroid dienone is 1. The van der Waals surface area contributed by atoms with Crippen molar-refractivity contribution in [1.29, 1.82) is 0 Å².